The van der Waals surface area contributed by atoms with Crippen LogP contribution in [0.3, 0.4) is 0 Å². The molecule has 7 heteroatoms. The number of amides is 4. The summed E-state index contributed by atoms with van der Waals surface area (Å²) in [6, 6.07) is 14.8. The molecule has 1 heterocycles. The number of benzene rings is 2. The summed E-state index contributed by atoms with van der Waals surface area (Å²) in [5, 5.41) is 8.78. The van der Waals surface area contributed by atoms with Crippen molar-refractivity contribution in [2.24, 2.45) is 0 Å². The van der Waals surface area contributed by atoms with Crippen molar-refractivity contribution in [2.75, 3.05) is 18.4 Å². The highest BCUT2D eigenvalue weighted by Crippen LogP contribution is 2.15. The van der Waals surface area contributed by atoms with Crippen LogP contribution in [0.15, 0.2) is 48.5 Å². The highest BCUT2D eigenvalue weighted by atomic mass is 16.2. The smallest absolute Gasteiger partial charge is 0.321 e. The number of likely N-dealkylation sites (tertiary alicyclic amines) is 1. The van der Waals surface area contributed by atoms with Gasteiger partial charge in [0, 0.05) is 38.2 Å². The lowest BCUT2D eigenvalue weighted by Gasteiger charge is -2.33. The fourth-order valence-electron chi connectivity index (χ4n) is 3.97. The van der Waals surface area contributed by atoms with E-state index in [1.54, 1.807) is 4.90 Å². The lowest BCUT2D eigenvalue weighted by molar-refractivity contribution is -0.128. The molecule has 0 aromatic heterocycles. The molecular weight excluding hydrogens is 404 g/mol. The van der Waals surface area contributed by atoms with E-state index in [2.05, 4.69) is 16.0 Å². The molecule has 1 saturated heterocycles. The Kier molecular flexibility index (Phi) is 7.87. The molecule has 0 aliphatic carbocycles. The zero-order valence-electron chi connectivity index (χ0n) is 19.0. The van der Waals surface area contributed by atoms with Crippen molar-refractivity contribution in [3.63, 3.8) is 0 Å². The van der Waals surface area contributed by atoms with Gasteiger partial charge in [-0.3, -0.25) is 9.59 Å². The van der Waals surface area contributed by atoms with E-state index >= 15 is 0 Å². The summed E-state index contributed by atoms with van der Waals surface area (Å²) in [4.78, 5) is 38.9. The van der Waals surface area contributed by atoms with Crippen molar-refractivity contribution in [3.05, 3.63) is 65.2 Å². The Bertz CT molecular complexity index is 967. The van der Waals surface area contributed by atoms with Crippen LogP contribution in [0.2, 0.25) is 0 Å². The summed E-state index contributed by atoms with van der Waals surface area (Å²) in [5.41, 5.74) is 3.98. The number of aryl methyl sites for hydroxylation is 2. The Labute approximate surface area is 189 Å². The van der Waals surface area contributed by atoms with Crippen molar-refractivity contribution < 1.29 is 14.4 Å². The monoisotopic (exact) mass is 436 g/mol. The van der Waals surface area contributed by atoms with Crippen LogP contribution in [-0.2, 0) is 16.0 Å². The number of carbonyl (C=O) groups excluding carboxylic acids is 3. The van der Waals surface area contributed by atoms with Crippen LogP contribution < -0.4 is 16.0 Å². The summed E-state index contributed by atoms with van der Waals surface area (Å²) in [5.74, 6) is -0.424. The van der Waals surface area contributed by atoms with Gasteiger partial charge in [0.2, 0.25) is 11.8 Å². The third kappa shape index (κ3) is 6.57. The Balaban J connectivity index is 1.53. The van der Waals surface area contributed by atoms with Crippen LogP contribution >= 0.6 is 0 Å². The van der Waals surface area contributed by atoms with Crippen molar-refractivity contribution in [2.45, 2.75) is 52.1 Å². The summed E-state index contributed by atoms with van der Waals surface area (Å²) in [6.45, 7) is 6.52. The Morgan fingerprint density at radius 3 is 2.41 bits per heavy atom. The third-order valence-electron chi connectivity index (χ3n) is 5.78. The lowest BCUT2D eigenvalue weighted by Crippen LogP contribution is -2.53. The molecule has 0 saturated carbocycles. The van der Waals surface area contributed by atoms with E-state index in [4.69, 9.17) is 0 Å². The molecule has 1 atom stereocenters. The zero-order valence-corrected chi connectivity index (χ0v) is 19.0. The van der Waals surface area contributed by atoms with Gasteiger partial charge in [-0.25, -0.2) is 4.79 Å². The minimum absolute atomic E-state index is 0.0290. The quantitative estimate of drug-likeness (QED) is 0.650. The van der Waals surface area contributed by atoms with Gasteiger partial charge >= 0.3 is 6.03 Å². The maximum Gasteiger partial charge on any atom is 0.321 e. The molecule has 4 amide bonds. The first kappa shape index (κ1) is 23.3. The van der Waals surface area contributed by atoms with Gasteiger partial charge in [-0.1, -0.05) is 36.4 Å². The first-order valence-electron chi connectivity index (χ1n) is 11.1. The van der Waals surface area contributed by atoms with Gasteiger partial charge in [0.25, 0.3) is 0 Å². The fraction of sp³-hybridized carbons (Fsp3) is 0.400. The number of carbonyl (C=O) groups is 3. The van der Waals surface area contributed by atoms with Crippen LogP contribution in [0, 0.1) is 13.8 Å². The Hall–Kier alpha value is -3.35. The number of rotatable bonds is 6. The van der Waals surface area contributed by atoms with E-state index in [0.29, 0.717) is 32.4 Å². The van der Waals surface area contributed by atoms with E-state index in [-0.39, 0.29) is 23.9 Å². The normalized spacial score (nSPS) is 15.0. The number of nitrogens with one attached hydrogen (secondary N) is 3. The molecule has 3 N–H and O–H groups in total. The minimum atomic E-state index is -0.628. The van der Waals surface area contributed by atoms with Gasteiger partial charge in [0.05, 0.1) is 0 Å². The minimum Gasteiger partial charge on any atom is -0.351 e. The highest BCUT2D eigenvalue weighted by Gasteiger charge is 2.27. The SMILES string of the molecule is CC(=O)NC(Cc1ccccc1C)C(=O)NC1CCN(C(=O)Nc2cccc(C)c2)CC1. The van der Waals surface area contributed by atoms with Gasteiger partial charge < -0.3 is 20.9 Å². The van der Waals surface area contributed by atoms with E-state index in [1.807, 2.05) is 62.4 Å². The van der Waals surface area contributed by atoms with Crippen LogP contribution in [0.5, 0.6) is 0 Å². The summed E-state index contributed by atoms with van der Waals surface area (Å²) < 4.78 is 0. The van der Waals surface area contributed by atoms with E-state index in [9.17, 15) is 14.4 Å². The second-order valence-electron chi connectivity index (χ2n) is 8.45. The van der Waals surface area contributed by atoms with Gasteiger partial charge in [-0.15, -0.1) is 0 Å². The molecule has 0 spiro atoms. The maximum atomic E-state index is 12.9. The zero-order chi connectivity index (χ0) is 23.1. The number of hydrogen-bond donors (Lipinski definition) is 3. The van der Waals surface area contributed by atoms with Crippen LogP contribution in [0.4, 0.5) is 10.5 Å². The van der Waals surface area contributed by atoms with Crippen molar-refractivity contribution in [1.82, 2.24) is 15.5 Å². The topological polar surface area (TPSA) is 90.5 Å². The molecule has 2 aromatic carbocycles. The van der Waals surface area contributed by atoms with Gasteiger partial charge in [0.15, 0.2) is 0 Å². The number of anilines is 1. The predicted octanol–water partition coefficient (Wildman–Crippen LogP) is 3.16. The third-order valence-corrected chi connectivity index (χ3v) is 5.78. The molecule has 32 heavy (non-hydrogen) atoms. The lowest BCUT2D eigenvalue weighted by atomic mass is 9.99. The highest BCUT2D eigenvalue weighted by molar-refractivity contribution is 5.89. The van der Waals surface area contributed by atoms with Crippen molar-refractivity contribution >= 4 is 23.5 Å². The molecule has 2 aromatic rings. The van der Waals surface area contributed by atoms with Gasteiger partial charge in [-0.2, -0.15) is 0 Å². The Morgan fingerprint density at radius 1 is 1.03 bits per heavy atom. The molecule has 1 fully saturated rings. The number of hydrogen-bond acceptors (Lipinski definition) is 3. The van der Waals surface area contributed by atoms with E-state index in [1.165, 1.54) is 6.92 Å². The number of urea groups is 1. The second kappa shape index (κ2) is 10.8. The average molecular weight is 437 g/mol. The summed E-state index contributed by atoms with van der Waals surface area (Å²) >= 11 is 0. The van der Waals surface area contributed by atoms with E-state index in [0.717, 1.165) is 22.4 Å². The largest absolute Gasteiger partial charge is 0.351 e. The molecule has 7 nitrogen and oxygen atoms in total. The van der Waals surface area contributed by atoms with Gasteiger partial charge in [0.1, 0.15) is 6.04 Å². The van der Waals surface area contributed by atoms with Gasteiger partial charge in [-0.05, 0) is 55.5 Å². The van der Waals surface area contributed by atoms with Crippen LogP contribution in [0.25, 0.3) is 0 Å². The first-order valence-corrected chi connectivity index (χ1v) is 11.1. The van der Waals surface area contributed by atoms with Crippen molar-refractivity contribution in [3.8, 4) is 0 Å². The Morgan fingerprint density at radius 2 is 1.75 bits per heavy atom. The first-order chi connectivity index (χ1) is 15.3. The van der Waals surface area contributed by atoms with Crippen molar-refractivity contribution in [1.29, 1.82) is 0 Å². The standard InChI is InChI=1S/C25H32N4O3/c1-17-7-6-10-22(15-17)28-25(32)29-13-11-21(12-14-29)27-24(31)23(26-19(3)30)16-20-9-5-4-8-18(20)2/h4-10,15,21,23H,11-14,16H2,1-3H3,(H,26,30)(H,27,31)(H,28,32). The summed E-state index contributed by atoms with van der Waals surface area (Å²) in [7, 11) is 0. The molecule has 170 valence electrons. The molecule has 0 radical (unpaired) electrons. The summed E-state index contributed by atoms with van der Waals surface area (Å²) in [6.07, 6.45) is 1.78. The second-order valence-corrected chi connectivity index (χ2v) is 8.45. The van der Waals surface area contributed by atoms with Crippen LogP contribution in [0.1, 0.15) is 36.5 Å². The molecule has 3 rings (SSSR count). The number of piperidine rings is 1. The fourth-order valence-corrected chi connectivity index (χ4v) is 3.97. The molecule has 1 aliphatic heterocycles. The molecule has 1 aliphatic rings. The van der Waals surface area contributed by atoms with E-state index < -0.39 is 6.04 Å². The molecular formula is C25H32N4O3. The molecule has 0 bridgehead atoms. The number of nitrogens with zero attached hydrogens (tertiary/aromatic N) is 1. The predicted molar refractivity (Wildman–Crippen MR) is 125 cm³/mol. The molecule has 1 unspecified atom stereocenters. The maximum absolute atomic E-state index is 12.9. The average Bonchev–Trinajstić information content (AvgIpc) is 2.75. The van der Waals surface area contributed by atoms with Crippen LogP contribution in [-0.4, -0.2) is 47.9 Å².